The van der Waals surface area contributed by atoms with Crippen molar-refractivity contribution in [3.8, 4) is 5.75 Å². The number of hydrogen-bond acceptors (Lipinski definition) is 6. The minimum absolute atomic E-state index is 0. The molecule has 0 unspecified atom stereocenters. The molecule has 1 aromatic heterocycles. The van der Waals surface area contributed by atoms with Crippen molar-refractivity contribution in [3.63, 3.8) is 0 Å². The molecule has 1 aliphatic rings. The number of methoxy groups -OCH3 is 1. The van der Waals surface area contributed by atoms with Gasteiger partial charge in [-0.2, -0.15) is 0 Å². The van der Waals surface area contributed by atoms with E-state index in [1.54, 1.807) is 0 Å². The molecule has 1 aliphatic heterocycles. The Balaban J connectivity index is 0.00000306. The number of carbonyl (C=O) groups is 2. The Bertz CT molecular complexity index is 1120. The molecule has 0 saturated carbocycles. The van der Waals surface area contributed by atoms with Gasteiger partial charge in [0, 0.05) is 24.5 Å². The number of nitrogens with zero attached hydrogens (tertiary/aromatic N) is 1. The molecule has 33 heavy (non-hydrogen) atoms. The minimum atomic E-state index is -0.422. The third-order valence-electron chi connectivity index (χ3n) is 5.39. The van der Waals surface area contributed by atoms with Crippen LogP contribution in [-0.2, 0) is 29.0 Å². The van der Waals surface area contributed by atoms with Crippen LogP contribution in [-0.4, -0.2) is 37.0 Å². The molecule has 6 nitrogen and oxygen atoms in total. The summed E-state index contributed by atoms with van der Waals surface area (Å²) in [5.74, 6) is -0.0966. The topological polar surface area (TPSA) is 67.9 Å². The van der Waals surface area contributed by atoms with Crippen molar-refractivity contribution in [3.05, 3.63) is 81.7 Å². The van der Waals surface area contributed by atoms with Gasteiger partial charge in [0.15, 0.2) is 6.61 Å². The number of nitrogens with one attached hydrogen (secondary N) is 1. The van der Waals surface area contributed by atoms with Crippen molar-refractivity contribution >= 4 is 40.6 Å². The van der Waals surface area contributed by atoms with Crippen molar-refractivity contribution in [2.24, 2.45) is 0 Å². The van der Waals surface area contributed by atoms with Crippen LogP contribution in [0.2, 0.25) is 0 Å². The Morgan fingerprint density at radius 1 is 1.12 bits per heavy atom. The number of fused-ring (bicyclic) bond motifs is 1. The van der Waals surface area contributed by atoms with Crippen LogP contribution in [0.1, 0.15) is 31.9 Å². The van der Waals surface area contributed by atoms with E-state index in [0.717, 1.165) is 42.1 Å². The average molecular weight is 487 g/mol. The first-order chi connectivity index (χ1) is 15.5. The number of aryl methyl sites for hydroxylation is 1. The quantitative estimate of drug-likeness (QED) is 0.484. The average Bonchev–Trinajstić information content (AvgIpc) is 3.15. The summed E-state index contributed by atoms with van der Waals surface area (Å²) in [7, 11) is 1.36. The van der Waals surface area contributed by atoms with E-state index in [1.165, 1.54) is 24.0 Å². The first-order valence-corrected chi connectivity index (χ1v) is 11.3. The number of halogens is 1. The zero-order chi connectivity index (χ0) is 22.5. The molecule has 0 radical (unpaired) electrons. The van der Waals surface area contributed by atoms with Gasteiger partial charge in [-0.1, -0.05) is 42.5 Å². The van der Waals surface area contributed by atoms with Crippen LogP contribution in [0.5, 0.6) is 5.75 Å². The van der Waals surface area contributed by atoms with Gasteiger partial charge < -0.3 is 14.8 Å². The van der Waals surface area contributed by atoms with Crippen LogP contribution in [0.3, 0.4) is 0 Å². The molecule has 2 aromatic carbocycles. The Morgan fingerprint density at radius 2 is 1.91 bits per heavy atom. The normalized spacial score (nSPS) is 12.9. The van der Waals surface area contributed by atoms with Gasteiger partial charge in [0.25, 0.3) is 5.91 Å². The van der Waals surface area contributed by atoms with Gasteiger partial charge in [-0.15, -0.1) is 23.7 Å². The van der Waals surface area contributed by atoms with E-state index in [9.17, 15) is 9.59 Å². The van der Waals surface area contributed by atoms with E-state index < -0.39 is 5.97 Å². The lowest BCUT2D eigenvalue weighted by Gasteiger charge is -2.27. The van der Waals surface area contributed by atoms with Gasteiger partial charge in [0.2, 0.25) is 0 Å². The summed E-state index contributed by atoms with van der Waals surface area (Å²) in [5.41, 5.74) is 3.75. The predicted octanol–water partition coefficient (Wildman–Crippen LogP) is 4.84. The third-order valence-corrected chi connectivity index (χ3v) is 6.52. The standard InChI is InChI=1S/C25H26N2O4S.ClH/c1-17-7-6-10-19(13-17)31-16-22(28)26-24-23(25(29)30-2)20-11-12-27(15-21(20)32-24)14-18-8-4-3-5-9-18;/h3-10,13H,11-12,14-16H2,1-2H3,(H,26,28);1H. The van der Waals surface area contributed by atoms with E-state index >= 15 is 0 Å². The highest BCUT2D eigenvalue weighted by Gasteiger charge is 2.29. The number of ether oxygens (including phenoxy) is 2. The molecule has 174 valence electrons. The fourth-order valence-electron chi connectivity index (χ4n) is 3.86. The molecule has 1 N–H and O–H groups in total. The van der Waals surface area contributed by atoms with Crippen molar-refractivity contribution in [2.45, 2.75) is 26.4 Å². The molecular weight excluding hydrogens is 460 g/mol. The van der Waals surface area contributed by atoms with Gasteiger partial charge >= 0.3 is 5.97 Å². The van der Waals surface area contributed by atoms with Crippen molar-refractivity contribution in [1.82, 2.24) is 4.90 Å². The number of anilines is 1. The lowest BCUT2D eigenvalue weighted by molar-refractivity contribution is -0.118. The zero-order valence-corrected chi connectivity index (χ0v) is 20.3. The highest BCUT2D eigenvalue weighted by molar-refractivity contribution is 7.17. The number of carbonyl (C=O) groups excluding carboxylic acids is 2. The van der Waals surface area contributed by atoms with E-state index in [1.807, 2.05) is 49.4 Å². The molecule has 3 aromatic rings. The molecule has 0 fully saturated rings. The highest BCUT2D eigenvalue weighted by atomic mass is 35.5. The number of benzene rings is 2. The summed E-state index contributed by atoms with van der Waals surface area (Å²) < 4.78 is 10.6. The molecule has 1 amide bonds. The molecule has 8 heteroatoms. The van der Waals surface area contributed by atoms with Crippen molar-refractivity contribution in [1.29, 1.82) is 0 Å². The Kier molecular flexibility index (Phi) is 8.49. The first-order valence-electron chi connectivity index (χ1n) is 10.5. The second kappa shape index (κ2) is 11.3. The molecule has 0 spiro atoms. The Morgan fingerprint density at radius 3 is 2.64 bits per heavy atom. The van der Waals surface area contributed by atoms with Crippen molar-refractivity contribution < 1.29 is 19.1 Å². The second-order valence-electron chi connectivity index (χ2n) is 7.80. The summed E-state index contributed by atoms with van der Waals surface area (Å²) in [5, 5.41) is 3.40. The van der Waals surface area contributed by atoms with Gasteiger partial charge in [-0.05, 0) is 42.2 Å². The number of amides is 1. The molecule has 0 bridgehead atoms. The van der Waals surface area contributed by atoms with Crippen LogP contribution in [0.15, 0.2) is 54.6 Å². The van der Waals surface area contributed by atoms with Gasteiger partial charge in [0.1, 0.15) is 10.8 Å². The molecular formula is C25H27ClN2O4S. The van der Waals surface area contributed by atoms with Crippen LogP contribution in [0.25, 0.3) is 0 Å². The maximum absolute atomic E-state index is 12.6. The van der Waals surface area contributed by atoms with Gasteiger partial charge in [-0.3, -0.25) is 9.69 Å². The SMILES string of the molecule is COC(=O)c1c(NC(=O)COc2cccc(C)c2)sc2c1CCN(Cc1ccccc1)C2.Cl. The van der Waals surface area contributed by atoms with E-state index in [0.29, 0.717) is 16.3 Å². The van der Waals surface area contributed by atoms with Crippen LogP contribution >= 0.6 is 23.7 Å². The number of esters is 1. The Labute approximate surface area is 203 Å². The predicted molar refractivity (Wildman–Crippen MR) is 132 cm³/mol. The summed E-state index contributed by atoms with van der Waals surface area (Å²) in [6, 6.07) is 17.9. The lowest BCUT2D eigenvalue weighted by atomic mass is 10.0. The largest absolute Gasteiger partial charge is 0.484 e. The van der Waals surface area contributed by atoms with E-state index in [2.05, 4.69) is 22.3 Å². The molecule has 4 rings (SSSR count). The smallest absolute Gasteiger partial charge is 0.341 e. The molecule has 0 atom stereocenters. The maximum atomic E-state index is 12.6. The molecule has 2 heterocycles. The summed E-state index contributed by atoms with van der Waals surface area (Å²) in [4.78, 5) is 28.5. The van der Waals surface area contributed by atoms with Crippen LogP contribution < -0.4 is 10.1 Å². The summed E-state index contributed by atoms with van der Waals surface area (Å²) >= 11 is 1.44. The van der Waals surface area contributed by atoms with E-state index in [-0.39, 0.29) is 24.9 Å². The molecule has 0 saturated heterocycles. The van der Waals surface area contributed by atoms with Gasteiger partial charge in [0.05, 0.1) is 12.7 Å². The fraction of sp³-hybridized carbons (Fsp3) is 0.280. The summed E-state index contributed by atoms with van der Waals surface area (Å²) in [6.07, 6.45) is 0.735. The van der Waals surface area contributed by atoms with Crippen molar-refractivity contribution in [2.75, 3.05) is 25.6 Å². The van der Waals surface area contributed by atoms with E-state index in [4.69, 9.17) is 9.47 Å². The number of thiophene rings is 1. The van der Waals surface area contributed by atoms with Crippen LogP contribution in [0, 0.1) is 6.92 Å². The second-order valence-corrected chi connectivity index (χ2v) is 8.90. The zero-order valence-electron chi connectivity index (χ0n) is 18.6. The lowest BCUT2D eigenvalue weighted by Crippen LogP contribution is -2.29. The number of hydrogen-bond donors (Lipinski definition) is 1. The monoisotopic (exact) mass is 486 g/mol. The third kappa shape index (κ3) is 6.13. The van der Waals surface area contributed by atoms with Crippen LogP contribution in [0.4, 0.5) is 5.00 Å². The summed E-state index contributed by atoms with van der Waals surface area (Å²) in [6.45, 7) is 4.25. The fourth-order valence-corrected chi connectivity index (χ4v) is 5.15. The molecule has 0 aliphatic carbocycles. The first kappa shape index (κ1) is 24.8. The highest BCUT2D eigenvalue weighted by Crippen LogP contribution is 2.38. The minimum Gasteiger partial charge on any atom is -0.484 e. The Hall–Kier alpha value is -2.87. The van der Waals surface area contributed by atoms with Gasteiger partial charge in [-0.25, -0.2) is 4.79 Å². The maximum Gasteiger partial charge on any atom is 0.341 e. The number of rotatable bonds is 7.